The van der Waals surface area contributed by atoms with Gasteiger partial charge in [0.05, 0.1) is 12.5 Å². The van der Waals surface area contributed by atoms with E-state index in [1.165, 1.54) is 24.9 Å². The summed E-state index contributed by atoms with van der Waals surface area (Å²) in [5.41, 5.74) is 2.33. The second kappa shape index (κ2) is 7.60. The molecule has 5 nitrogen and oxygen atoms in total. The molecule has 3 aromatic rings. The summed E-state index contributed by atoms with van der Waals surface area (Å²) in [6.45, 7) is 5.48. The van der Waals surface area contributed by atoms with Gasteiger partial charge in [0.1, 0.15) is 22.7 Å². The van der Waals surface area contributed by atoms with Crippen molar-refractivity contribution in [1.29, 1.82) is 0 Å². The molecule has 1 atom stereocenters. The zero-order chi connectivity index (χ0) is 17.9. The molecule has 1 N–H and O–H groups in total. The van der Waals surface area contributed by atoms with E-state index in [-0.39, 0.29) is 0 Å². The SMILES string of the molecule is CCN1CCC[C@@H]1CNc1ncnc2scc(-c3ccc(OC)cc3)c12. The molecule has 3 heterocycles. The van der Waals surface area contributed by atoms with E-state index in [4.69, 9.17) is 4.74 Å². The average molecular weight is 369 g/mol. The Morgan fingerprint density at radius 3 is 2.88 bits per heavy atom. The quantitative estimate of drug-likeness (QED) is 0.704. The molecule has 1 aliphatic rings. The Kier molecular flexibility index (Phi) is 5.04. The first-order valence-electron chi connectivity index (χ1n) is 9.14. The number of hydrogen-bond acceptors (Lipinski definition) is 6. The monoisotopic (exact) mass is 368 g/mol. The van der Waals surface area contributed by atoms with Gasteiger partial charge in [0.2, 0.25) is 0 Å². The van der Waals surface area contributed by atoms with Crippen molar-refractivity contribution >= 4 is 27.4 Å². The number of fused-ring (bicyclic) bond motifs is 1. The minimum atomic E-state index is 0.591. The van der Waals surface area contributed by atoms with Gasteiger partial charge in [-0.1, -0.05) is 19.1 Å². The molecule has 0 saturated carbocycles. The summed E-state index contributed by atoms with van der Waals surface area (Å²) < 4.78 is 5.27. The highest BCUT2D eigenvalue weighted by Crippen LogP contribution is 2.37. The number of nitrogens with one attached hydrogen (secondary N) is 1. The van der Waals surface area contributed by atoms with Crippen LogP contribution in [0.4, 0.5) is 5.82 Å². The number of rotatable bonds is 6. The van der Waals surface area contributed by atoms with E-state index in [1.54, 1.807) is 24.8 Å². The first kappa shape index (κ1) is 17.2. The molecule has 1 fully saturated rings. The molecule has 136 valence electrons. The van der Waals surface area contributed by atoms with Crippen LogP contribution in [0, 0.1) is 0 Å². The highest BCUT2D eigenvalue weighted by molar-refractivity contribution is 7.17. The Balaban J connectivity index is 1.63. The Morgan fingerprint density at radius 1 is 1.27 bits per heavy atom. The Labute approximate surface area is 158 Å². The molecule has 0 radical (unpaired) electrons. The third-order valence-corrected chi connectivity index (χ3v) is 6.07. The first-order chi connectivity index (χ1) is 12.8. The molecule has 6 heteroatoms. The van der Waals surface area contributed by atoms with Crippen molar-refractivity contribution < 1.29 is 4.74 Å². The Bertz CT molecular complexity index is 877. The summed E-state index contributed by atoms with van der Waals surface area (Å²) in [7, 11) is 1.69. The minimum Gasteiger partial charge on any atom is -0.497 e. The molecule has 2 aromatic heterocycles. The fourth-order valence-corrected chi connectivity index (χ4v) is 4.67. The fourth-order valence-electron chi connectivity index (χ4n) is 3.75. The molecule has 26 heavy (non-hydrogen) atoms. The maximum Gasteiger partial charge on any atom is 0.138 e. The van der Waals surface area contributed by atoms with Crippen molar-refractivity contribution in [3.8, 4) is 16.9 Å². The maximum atomic E-state index is 5.27. The molecule has 0 spiro atoms. The molecule has 0 amide bonds. The number of ether oxygens (including phenoxy) is 1. The van der Waals surface area contributed by atoms with Crippen molar-refractivity contribution in [2.24, 2.45) is 0 Å². The van der Waals surface area contributed by atoms with Gasteiger partial charge < -0.3 is 10.1 Å². The van der Waals surface area contributed by atoms with Gasteiger partial charge in [-0.2, -0.15) is 0 Å². The second-order valence-corrected chi connectivity index (χ2v) is 7.44. The summed E-state index contributed by atoms with van der Waals surface area (Å²) >= 11 is 1.66. The molecule has 0 unspecified atom stereocenters. The van der Waals surface area contributed by atoms with E-state index in [0.29, 0.717) is 6.04 Å². The van der Waals surface area contributed by atoms with Gasteiger partial charge in [-0.3, -0.25) is 4.90 Å². The van der Waals surface area contributed by atoms with Crippen LogP contribution >= 0.6 is 11.3 Å². The Morgan fingerprint density at radius 2 is 2.12 bits per heavy atom. The molecule has 0 aliphatic carbocycles. The van der Waals surface area contributed by atoms with Gasteiger partial charge in [0, 0.05) is 23.5 Å². The van der Waals surface area contributed by atoms with E-state index in [9.17, 15) is 0 Å². The first-order valence-corrected chi connectivity index (χ1v) is 10.0. The smallest absolute Gasteiger partial charge is 0.138 e. The number of thiophene rings is 1. The van der Waals surface area contributed by atoms with E-state index >= 15 is 0 Å². The van der Waals surface area contributed by atoms with E-state index in [0.717, 1.165) is 40.4 Å². The average Bonchev–Trinajstić information content (AvgIpc) is 3.33. The van der Waals surface area contributed by atoms with Crippen molar-refractivity contribution in [2.45, 2.75) is 25.8 Å². The number of benzene rings is 1. The normalized spacial score (nSPS) is 17.7. The van der Waals surface area contributed by atoms with Crippen LogP contribution in [0.25, 0.3) is 21.3 Å². The zero-order valence-electron chi connectivity index (χ0n) is 15.2. The van der Waals surface area contributed by atoms with Gasteiger partial charge in [-0.05, 0) is 43.6 Å². The van der Waals surface area contributed by atoms with Gasteiger partial charge in [0.15, 0.2) is 0 Å². The van der Waals surface area contributed by atoms with Crippen LogP contribution in [0.5, 0.6) is 5.75 Å². The van der Waals surface area contributed by atoms with Crippen LogP contribution < -0.4 is 10.1 Å². The van der Waals surface area contributed by atoms with Gasteiger partial charge in [0.25, 0.3) is 0 Å². The predicted molar refractivity (Wildman–Crippen MR) is 108 cm³/mol. The van der Waals surface area contributed by atoms with E-state index < -0.39 is 0 Å². The summed E-state index contributed by atoms with van der Waals surface area (Å²) in [4.78, 5) is 12.6. The molecule has 1 aliphatic heterocycles. The number of likely N-dealkylation sites (tertiary alicyclic amines) is 1. The summed E-state index contributed by atoms with van der Waals surface area (Å²) in [6.07, 6.45) is 4.20. The molecule has 1 aromatic carbocycles. The van der Waals surface area contributed by atoms with Gasteiger partial charge in [-0.15, -0.1) is 11.3 Å². The maximum absolute atomic E-state index is 5.27. The van der Waals surface area contributed by atoms with Gasteiger partial charge in [-0.25, -0.2) is 9.97 Å². The number of likely N-dealkylation sites (N-methyl/N-ethyl adjacent to an activating group) is 1. The summed E-state index contributed by atoms with van der Waals surface area (Å²) in [5.74, 6) is 1.80. The highest BCUT2D eigenvalue weighted by Gasteiger charge is 2.23. The molecule has 4 rings (SSSR count). The van der Waals surface area contributed by atoms with E-state index in [2.05, 4.69) is 44.6 Å². The molecular formula is C20H24N4OS. The lowest BCUT2D eigenvalue weighted by Gasteiger charge is -2.23. The lowest BCUT2D eigenvalue weighted by Crippen LogP contribution is -2.34. The van der Waals surface area contributed by atoms with Crippen LogP contribution in [0.2, 0.25) is 0 Å². The molecule has 1 saturated heterocycles. The molecular weight excluding hydrogens is 344 g/mol. The van der Waals surface area contributed by atoms with Crippen LogP contribution in [-0.2, 0) is 0 Å². The standard InChI is InChI=1S/C20H24N4OS/c1-3-24-10-4-5-15(24)11-21-19-18-17(12-26-20(18)23-13-22-19)14-6-8-16(25-2)9-7-14/h6-9,12-13,15H,3-5,10-11H2,1-2H3,(H,21,22,23)/t15-/m1/s1. The summed E-state index contributed by atoms with van der Waals surface area (Å²) in [6, 6.07) is 8.76. The van der Waals surface area contributed by atoms with Crippen LogP contribution in [0.3, 0.4) is 0 Å². The minimum absolute atomic E-state index is 0.591. The van der Waals surface area contributed by atoms with E-state index in [1.807, 2.05) is 12.1 Å². The number of methoxy groups -OCH3 is 1. The van der Waals surface area contributed by atoms with Crippen molar-refractivity contribution in [1.82, 2.24) is 14.9 Å². The van der Waals surface area contributed by atoms with Crippen molar-refractivity contribution in [2.75, 3.05) is 32.1 Å². The third-order valence-electron chi connectivity index (χ3n) is 5.18. The lowest BCUT2D eigenvalue weighted by atomic mass is 10.1. The Hall–Kier alpha value is -2.18. The number of nitrogens with zero attached hydrogens (tertiary/aromatic N) is 3. The van der Waals surface area contributed by atoms with Crippen molar-refractivity contribution in [3.05, 3.63) is 36.0 Å². The number of anilines is 1. The molecule has 0 bridgehead atoms. The van der Waals surface area contributed by atoms with Crippen LogP contribution in [0.1, 0.15) is 19.8 Å². The zero-order valence-corrected chi connectivity index (χ0v) is 16.1. The van der Waals surface area contributed by atoms with Gasteiger partial charge >= 0.3 is 0 Å². The summed E-state index contributed by atoms with van der Waals surface area (Å²) in [5, 5.41) is 6.88. The predicted octanol–water partition coefficient (Wildman–Crippen LogP) is 4.26. The van der Waals surface area contributed by atoms with Crippen LogP contribution in [0.15, 0.2) is 36.0 Å². The van der Waals surface area contributed by atoms with Crippen LogP contribution in [-0.4, -0.2) is 47.7 Å². The fraction of sp³-hybridized carbons (Fsp3) is 0.400. The number of aromatic nitrogens is 2. The largest absolute Gasteiger partial charge is 0.497 e. The topological polar surface area (TPSA) is 50.3 Å². The number of hydrogen-bond donors (Lipinski definition) is 1. The second-order valence-electron chi connectivity index (χ2n) is 6.59. The third kappa shape index (κ3) is 3.27. The highest BCUT2D eigenvalue weighted by atomic mass is 32.1. The lowest BCUT2D eigenvalue weighted by molar-refractivity contribution is 0.277. The van der Waals surface area contributed by atoms with Crippen molar-refractivity contribution in [3.63, 3.8) is 0 Å².